The molecule has 3 atom stereocenters. The molecule has 0 radical (unpaired) electrons. The first-order valence-electron chi connectivity index (χ1n) is 5.08. The molecule has 0 spiro atoms. The summed E-state index contributed by atoms with van der Waals surface area (Å²) in [4.78, 5) is 0. The predicted octanol–water partition coefficient (Wildman–Crippen LogP) is 1.70. The number of hydrogen-bond donors (Lipinski definition) is 2. The summed E-state index contributed by atoms with van der Waals surface area (Å²) >= 11 is 0. The van der Waals surface area contributed by atoms with Gasteiger partial charge in [0.15, 0.2) is 0 Å². The van der Waals surface area contributed by atoms with E-state index < -0.39 is 0 Å². The number of aliphatic hydroxyl groups excluding tert-OH is 2. The zero-order chi connectivity index (χ0) is 8.97. The molecule has 1 aliphatic carbocycles. The maximum absolute atomic E-state index is 9.68. The van der Waals surface area contributed by atoms with Crippen molar-refractivity contribution in [1.82, 2.24) is 0 Å². The zero-order valence-electron chi connectivity index (χ0n) is 7.87. The molecule has 0 aromatic rings. The van der Waals surface area contributed by atoms with Crippen molar-refractivity contribution in [2.24, 2.45) is 5.92 Å². The summed E-state index contributed by atoms with van der Waals surface area (Å²) in [6.45, 7) is 1.79. The minimum absolute atomic E-state index is 0.116. The van der Waals surface area contributed by atoms with Gasteiger partial charge in [-0.05, 0) is 19.8 Å². The fourth-order valence-corrected chi connectivity index (χ4v) is 2.06. The molecule has 0 amide bonds. The number of aliphatic hydroxyl groups is 2. The van der Waals surface area contributed by atoms with E-state index in [-0.39, 0.29) is 18.1 Å². The second-order valence-electron chi connectivity index (χ2n) is 3.96. The third-order valence-electron chi connectivity index (χ3n) is 2.90. The standard InChI is InChI=1S/C10H20O2/c1-8(11)9-6-4-2-3-5-7-10(9)12/h8-12H,2-7H2,1H3. The van der Waals surface area contributed by atoms with E-state index >= 15 is 0 Å². The Hall–Kier alpha value is -0.0800. The molecule has 1 aliphatic rings. The Morgan fingerprint density at radius 2 is 1.67 bits per heavy atom. The molecule has 0 aliphatic heterocycles. The van der Waals surface area contributed by atoms with E-state index in [9.17, 15) is 10.2 Å². The molecule has 1 saturated carbocycles. The first-order valence-corrected chi connectivity index (χ1v) is 5.08. The van der Waals surface area contributed by atoms with Gasteiger partial charge in [-0.2, -0.15) is 0 Å². The Balaban J connectivity index is 2.43. The van der Waals surface area contributed by atoms with Gasteiger partial charge in [0.1, 0.15) is 0 Å². The van der Waals surface area contributed by atoms with Crippen molar-refractivity contribution in [3.63, 3.8) is 0 Å². The van der Waals surface area contributed by atoms with Crippen LogP contribution in [-0.2, 0) is 0 Å². The van der Waals surface area contributed by atoms with Gasteiger partial charge in [0.05, 0.1) is 12.2 Å². The minimum Gasteiger partial charge on any atom is -0.393 e. The van der Waals surface area contributed by atoms with E-state index in [1.165, 1.54) is 12.8 Å². The monoisotopic (exact) mass is 172 g/mol. The van der Waals surface area contributed by atoms with Crippen molar-refractivity contribution in [2.75, 3.05) is 0 Å². The van der Waals surface area contributed by atoms with Crippen LogP contribution in [0.25, 0.3) is 0 Å². The molecule has 0 bridgehead atoms. The molecule has 2 heteroatoms. The van der Waals surface area contributed by atoms with E-state index in [2.05, 4.69) is 0 Å². The summed E-state index contributed by atoms with van der Waals surface area (Å²) in [5, 5.41) is 19.1. The molecule has 0 aromatic carbocycles. The highest BCUT2D eigenvalue weighted by atomic mass is 16.3. The van der Waals surface area contributed by atoms with Gasteiger partial charge >= 0.3 is 0 Å². The molecular weight excluding hydrogens is 152 g/mol. The minimum atomic E-state index is -0.349. The van der Waals surface area contributed by atoms with Crippen LogP contribution in [0.3, 0.4) is 0 Å². The van der Waals surface area contributed by atoms with E-state index in [1.54, 1.807) is 6.92 Å². The highest BCUT2D eigenvalue weighted by molar-refractivity contribution is 4.75. The number of rotatable bonds is 1. The highest BCUT2D eigenvalue weighted by Crippen LogP contribution is 2.25. The molecule has 2 N–H and O–H groups in total. The van der Waals surface area contributed by atoms with Gasteiger partial charge in [-0.25, -0.2) is 0 Å². The van der Waals surface area contributed by atoms with Gasteiger partial charge in [0, 0.05) is 5.92 Å². The average molecular weight is 172 g/mol. The van der Waals surface area contributed by atoms with Crippen LogP contribution in [-0.4, -0.2) is 22.4 Å². The van der Waals surface area contributed by atoms with Gasteiger partial charge < -0.3 is 10.2 Å². The SMILES string of the molecule is CC(O)C1CCCCCCC1O. The maximum atomic E-state index is 9.68. The van der Waals surface area contributed by atoms with Crippen molar-refractivity contribution >= 4 is 0 Å². The molecule has 72 valence electrons. The summed E-state index contributed by atoms with van der Waals surface area (Å²) in [5.41, 5.74) is 0. The van der Waals surface area contributed by atoms with Crippen LogP contribution >= 0.6 is 0 Å². The molecule has 0 aromatic heterocycles. The van der Waals surface area contributed by atoms with Crippen LogP contribution in [0.15, 0.2) is 0 Å². The lowest BCUT2D eigenvalue weighted by atomic mass is 9.85. The largest absolute Gasteiger partial charge is 0.393 e. The van der Waals surface area contributed by atoms with Crippen molar-refractivity contribution in [2.45, 2.75) is 57.7 Å². The van der Waals surface area contributed by atoms with Crippen LogP contribution in [0.4, 0.5) is 0 Å². The normalized spacial score (nSPS) is 35.2. The molecule has 0 saturated heterocycles. The fraction of sp³-hybridized carbons (Fsp3) is 1.00. The van der Waals surface area contributed by atoms with E-state index in [4.69, 9.17) is 0 Å². The lowest BCUT2D eigenvalue weighted by molar-refractivity contribution is 0.00670. The molecule has 0 heterocycles. The second-order valence-corrected chi connectivity index (χ2v) is 3.96. The zero-order valence-corrected chi connectivity index (χ0v) is 7.87. The van der Waals surface area contributed by atoms with Crippen LogP contribution in [0, 0.1) is 5.92 Å². The van der Waals surface area contributed by atoms with Gasteiger partial charge in [-0.3, -0.25) is 0 Å². The molecule has 1 rings (SSSR count). The first kappa shape index (κ1) is 10.0. The third-order valence-corrected chi connectivity index (χ3v) is 2.90. The second kappa shape index (κ2) is 4.83. The molecule has 3 unspecified atom stereocenters. The summed E-state index contributed by atoms with van der Waals surface area (Å²) in [6, 6.07) is 0. The average Bonchev–Trinajstić information content (AvgIpc) is 1.96. The van der Waals surface area contributed by atoms with Crippen LogP contribution in [0.1, 0.15) is 45.4 Å². The van der Waals surface area contributed by atoms with Gasteiger partial charge in [0.2, 0.25) is 0 Å². The van der Waals surface area contributed by atoms with Crippen LogP contribution in [0.2, 0.25) is 0 Å². The van der Waals surface area contributed by atoms with Crippen molar-refractivity contribution in [3.8, 4) is 0 Å². The van der Waals surface area contributed by atoms with E-state index in [0.717, 1.165) is 25.7 Å². The summed E-state index contributed by atoms with van der Waals surface area (Å²) in [5.74, 6) is 0.116. The molecular formula is C10H20O2. The van der Waals surface area contributed by atoms with Gasteiger partial charge in [-0.1, -0.05) is 25.7 Å². The summed E-state index contributed by atoms with van der Waals surface area (Å²) in [6.07, 6.45) is 6.01. The third kappa shape index (κ3) is 2.76. The van der Waals surface area contributed by atoms with Crippen molar-refractivity contribution < 1.29 is 10.2 Å². The van der Waals surface area contributed by atoms with Gasteiger partial charge in [-0.15, -0.1) is 0 Å². The smallest absolute Gasteiger partial charge is 0.0593 e. The topological polar surface area (TPSA) is 40.5 Å². The summed E-state index contributed by atoms with van der Waals surface area (Å²) in [7, 11) is 0. The molecule has 1 fully saturated rings. The quantitative estimate of drug-likeness (QED) is 0.632. The van der Waals surface area contributed by atoms with Gasteiger partial charge in [0.25, 0.3) is 0 Å². The Labute approximate surface area is 74.6 Å². The van der Waals surface area contributed by atoms with Crippen molar-refractivity contribution in [3.05, 3.63) is 0 Å². The highest BCUT2D eigenvalue weighted by Gasteiger charge is 2.24. The Bertz CT molecular complexity index is 123. The molecule has 2 nitrogen and oxygen atoms in total. The van der Waals surface area contributed by atoms with E-state index in [1.807, 2.05) is 0 Å². The Kier molecular flexibility index (Phi) is 4.02. The predicted molar refractivity (Wildman–Crippen MR) is 48.9 cm³/mol. The summed E-state index contributed by atoms with van der Waals surface area (Å²) < 4.78 is 0. The van der Waals surface area contributed by atoms with E-state index in [0.29, 0.717) is 0 Å². The van der Waals surface area contributed by atoms with Crippen molar-refractivity contribution in [1.29, 1.82) is 0 Å². The van der Waals surface area contributed by atoms with Crippen LogP contribution < -0.4 is 0 Å². The maximum Gasteiger partial charge on any atom is 0.0593 e. The Morgan fingerprint density at radius 1 is 1.08 bits per heavy atom. The molecule has 12 heavy (non-hydrogen) atoms. The lowest BCUT2D eigenvalue weighted by Crippen LogP contribution is -2.30. The lowest BCUT2D eigenvalue weighted by Gasteiger charge is -2.27. The Morgan fingerprint density at radius 3 is 2.25 bits per heavy atom. The van der Waals surface area contributed by atoms with Crippen LogP contribution in [0.5, 0.6) is 0 Å². The fourth-order valence-electron chi connectivity index (χ4n) is 2.06. The first-order chi connectivity index (χ1) is 5.72. The number of hydrogen-bond acceptors (Lipinski definition) is 2.